The number of nitrogens with zero attached hydrogens (tertiary/aromatic N) is 3. The second-order valence-electron chi connectivity index (χ2n) is 8.64. The number of anilines is 2. The Morgan fingerprint density at radius 2 is 1.79 bits per heavy atom. The highest BCUT2D eigenvalue weighted by molar-refractivity contribution is 7.92. The van der Waals surface area contributed by atoms with Crippen LogP contribution in [0.5, 0.6) is 5.75 Å². The SMILES string of the molecule is COc1ccc(S(=O)(=O)Nc2ccc(C(=O)N(Cc3ccccn3)c3nc4c(C)cc(Cl)cc4s3)cc2)cc1. The first-order valence-electron chi connectivity index (χ1n) is 11.8. The van der Waals surface area contributed by atoms with E-state index in [1.54, 1.807) is 47.5 Å². The molecule has 11 heteroatoms. The van der Waals surface area contributed by atoms with E-state index in [2.05, 4.69) is 9.71 Å². The molecule has 0 aliphatic heterocycles. The lowest BCUT2D eigenvalue weighted by Crippen LogP contribution is -2.30. The Bertz CT molecular complexity index is 1740. The molecule has 39 heavy (non-hydrogen) atoms. The molecular formula is C28H23ClN4O4S2. The quantitative estimate of drug-likeness (QED) is 0.231. The summed E-state index contributed by atoms with van der Waals surface area (Å²) in [7, 11) is -2.31. The molecule has 1 N–H and O–H groups in total. The zero-order valence-corrected chi connectivity index (χ0v) is 23.3. The van der Waals surface area contributed by atoms with Gasteiger partial charge in [0.15, 0.2) is 5.13 Å². The van der Waals surface area contributed by atoms with Gasteiger partial charge in [0.2, 0.25) is 0 Å². The van der Waals surface area contributed by atoms with Gasteiger partial charge in [-0.1, -0.05) is 29.0 Å². The summed E-state index contributed by atoms with van der Waals surface area (Å²) in [6.45, 7) is 2.13. The van der Waals surface area contributed by atoms with E-state index in [1.807, 2.05) is 37.3 Å². The Hall–Kier alpha value is -3.99. The summed E-state index contributed by atoms with van der Waals surface area (Å²) >= 11 is 7.62. The predicted octanol–water partition coefficient (Wildman–Crippen LogP) is 6.31. The number of rotatable bonds is 8. The third-order valence-corrected chi connectivity index (χ3v) is 8.56. The number of amides is 1. The van der Waals surface area contributed by atoms with Gasteiger partial charge in [-0.15, -0.1) is 0 Å². The first-order chi connectivity index (χ1) is 18.7. The zero-order chi connectivity index (χ0) is 27.6. The molecule has 0 aliphatic carbocycles. The van der Waals surface area contributed by atoms with E-state index < -0.39 is 10.0 Å². The largest absolute Gasteiger partial charge is 0.497 e. The van der Waals surface area contributed by atoms with E-state index in [0.29, 0.717) is 32.8 Å². The molecule has 198 valence electrons. The van der Waals surface area contributed by atoms with Crippen LogP contribution in [0, 0.1) is 6.92 Å². The number of sulfonamides is 1. The van der Waals surface area contributed by atoms with Gasteiger partial charge in [0.05, 0.1) is 34.5 Å². The lowest BCUT2D eigenvalue weighted by atomic mass is 10.2. The summed E-state index contributed by atoms with van der Waals surface area (Å²) in [6.07, 6.45) is 1.67. The number of pyridine rings is 1. The molecule has 0 fully saturated rings. The Balaban J connectivity index is 1.43. The summed E-state index contributed by atoms with van der Waals surface area (Å²) in [4.78, 5) is 24.5. The fraction of sp³-hybridized carbons (Fsp3) is 0.107. The molecule has 0 bridgehead atoms. The van der Waals surface area contributed by atoms with Crippen molar-refractivity contribution in [3.63, 3.8) is 0 Å². The molecule has 2 heterocycles. The number of halogens is 1. The summed E-state index contributed by atoms with van der Waals surface area (Å²) in [5, 5.41) is 1.11. The number of nitrogens with one attached hydrogen (secondary N) is 1. The molecule has 0 aliphatic rings. The molecule has 1 amide bonds. The second kappa shape index (κ2) is 11.0. The van der Waals surface area contributed by atoms with E-state index in [4.69, 9.17) is 21.3 Å². The Morgan fingerprint density at radius 3 is 2.46 bits per heavy atom. The maximum Gasteiger partial charge on any atom is 0.261 e. The molecular weight excluding hydrogens is 556 g/mol. The lowest BCUT2D eigenvalue weighted by Gasteiger charge is -2.20. The van der Waals surface area contributed by atoms with Crippen LogP contribution in [0.2, 0.25) is 5.02 Å². The minimum absolute atomic E-state index is 0.0937. The van der Waals surface area contributed by atoms with Crippen LogP contribution in [-0.4, -0.2) is 31.4 Å². The number of ether oxygens (including phenoxy) is 1. The van der Waals surface area contributed by atoms with Gasteiger partial charge < -0.3 is 4.74 Å². The zero-order valence-electron chi connectivity index (χ0n) is 21.0. The lowest BCUT2D eigenvalue weighted by molar-refractivity contribution is 0.0985. The summed E-state index contributed by atoms with van der Waals surface area (Å²) in [6, 6.07) is 21.5. The van der Waals surface area contributed by atoms with Gasteiger partial charge in [-0.05, 0) is 85.3 Å². The van der Waals surface area contributed by atoms with Crippen LogP contribution in [0.15, 0.2) is 90.0 Å². The molecule has 0 spiro atoms. The Morgan fingerprint density at radius 1 is 1.05 bits per heavy atom. The molecule has 0 saturated heterocycles. The van der Waals surface area contributed by atoms with Crippen molar-refractivity contribution in [2.45, 2.75) is 18.4 Å². The van der Waals surface area contributed by atoms with Crippen LogP contribution < -0.4 is 14.4 Å². The smallest absolute Gasteiger partial charge is 0.261 e. The second-order valence-corrected chi connectivity index (χ2v) is 11.8. The van der Waals surface area contributed by atoms with Crippen LogP contribution in [0.1, 0.15) is 21.6 Å². The van der Waals surface area contributed by atoms with Crippen molar-refractivity contribution in [1.82, 2.24) is 9.97 Å². The molecule has 0 unspecified atom stereocenters. The summed E-state index contributed by atoms with van der Waals surface area (Å²) < 4.78 is 34.1. The first-order valence-corrected chi connectivity index (χ1v) is 14.5. The number of thiazole rings is 1. The fourth-order valence-corrected chi connectivity index (χ4v) is 6.42. The maximum atomic E-state index is 13.7. The van der Waals surface area contributed by atoms with E-state index in [0.717, 1.165) is 15.8 Å². The predicted molar refractivity (Wildman–Crippen MR) is 154 cm³/mol. The monoisotopic (exact) mass is 578 g/mol. The number of aryl methyl sites for hydroxylation is 1. The van der Waals surface area contributed by atoms with E-state index in [1.165, 1.54) is 30.6 Å². The minimum atomic E-state index is -3.82. The average Bonchev–Trinajstić information content (AvgIpc) is 3.36. The van der Waals surface area contributed by atoms with E-state index >= 15 is 0 Å². The number of carbonyl (C=O) groups excluding carboxylic acids is 1. The third kappa shape index (κ3) is 5.88. The van der Waals surface area contributed by atoms with Crippen LogP contribution in [0.4, 0.5) is 10.8 Å². The van der Waals surface area contributed by atoms with Crippen molar-refractivity contribution in [2.75, 3.05) is 16.7 Å². The molecule has 0 atom stereocenters. The summed E-state index contributed by atoms with van der Waals surface area (Å²) in [5.74, 6) is 0.256. The third-order valence-electron chi connectivity index (χ3n) is 5.92. The van der Waals surface area contributed by atoms with Crippen LogP contribution in [0.3, 0.4) is 0 Å². The number of hydrogen-bond acceptors (Lipinski definition) is 7. The van der Waals surface area contributed by atoms with Gasteiger partial charge >= 0.3 is 0 Å². The van der Waals surface area contributed by atoms with Gasteiger partial charge in [0.1, 0.15) is 5.75 Å². The Kier molecular flexibility index (Phi) is 7.51. The molecule has 3 aromatic carbocycles. The van der Waals surface area contributed by atoms with Crippen molar-refractivity contribution in [3.05, 3.63) is 107 Å². The van der Waals surface area contributed by atoms with Gasteiger partial charge in [-0.3, -0.25) is 19.4 Å². The molecule has 0 saturated carbocycles. The number of fused-ring (bicyclic) bond motifs is 1. The van der Waals surface area contributed by atoms with Gasteiger partial charge in [0.25, 0.3) is 15.9 Å². The molecule has 5 aromatic rings. The average molecular weight is 579 g/mol. The number of aromatic nitrogens is 2. The highest BCUT2D eigenvalue weighted by Crippen LogP contribution is 2.34. The van der Waals surface area contributed by atoms with Gasteiger partial charge in [0, 0.05) is 22.5 Å². The van der Waals surface area contributed by atoms with Crippen LogP contribution >= 0.6 is 22.9 Å². The number of benzene rings is 3. The van der Waals surface area contributed by atoms with Gasteiger partial charge in [-0.2, -0.15) is 0 Å². The Labute approximate surface area is 234 Å². The van der Waals surface area contributed by atoms with E-state index in [-0.39, 0.29) is 17.3 Å². The normalized spacial score (nSPS) is 11.4. The summed E-state index contributed by atoms with van der Waals surface area (Å²) in [5.41, 5.74) is 3.08. The highest BCUT2D eigenvalue weighted by atomic mass is 35.5. The number of carbonyl (C=O) groups is 1. The molecule has 0 radical (unpaired) electrons. The van der Waals surface area contributed by atoms with E-state index in [9.17, 15) is 13.2 Å². The minimum Gasteiger partial charge on any atom is -0.497 e. The molecule has 2 aromatic heterocycles. The van der Waals surface area contributed by atoms with Crippen LogP contribution in [0.25, 0.3) is 10.2 Å². The topological polar surface area (TPSA) is 101 Å². The fourth-order valence-electron chi connectivity index (χ4n) is 3.94. The molecule has 8 nitrogen and oxygen atoms in total. The van der Waals surface area contributed by atoms with Crippen molar-refractivity contribution < 1.29 is 17.9 Å². The molecule has 5 rings (SSSR count). The van der Waals surface area contributed by atoms with Crippen molar-refractivity contribution in [1.29, 1.82) is 0 Å². The van der Waals surface area contributed by atoms with Gasteiger partial charge in [-0.25, -0.2) is 13.4 Å². The maximum absolute atomic E-state index is 13.7. The number of methoxy groups -OCH3 is 1. The van der Waals surface area contributed by atoms with Crippen LogP contribution in [-0.2, 0) is 16.6 Å². The highest BCUT2D eigenvalue weighted by Gasteiger charge is 2.23. The first kappa shape index (κ1) is 26.6. The van der Waals surface area contributed by atoms with Crippen molar-refractivity contribution >= 4 is 59.9 Å². The number of hydrogen-bond donors (Lipinski definition) is 1. The standard InChI is InChI=1S/C28H23ClN4O4S2/c1-18-15-20(29)16-25-26(18)31-28(38-25)33(17-22-5-3-4-14-30-22)27(34)19-6-8-21(9-7-19)32-39(35,36)24-12-10-23(37-2)11-13-24/h3-16,32H,17H2,1-2H3. The van der Waals surface area contributed by atoms with Crippen molar-refractivity contribution in [2.24, 2.45) is 0 Å². The van der Waals surface area contributed by atoms with Crippen molar-refractivity contribution in [3.8, 4) is 5.75 Å².